The van der Waals surface area contributed by atoms with Crippen molar-refractivity contribution in [1.82, 2.24) is 5.32 Å². The van der Waals surface area contributed by atoms with Crippen molar-refractivity contribution in [3.63, 3.8) is 0 Å². The van der Waals surface area contributed by atoms with Crippen LogP contribution in [0.4, 0.5) is 0 Å². The molecule has 1 unspecified atom stereocenters. The summed E-state index contributed by atoms with van der Waals surface area (Å²) in [7, 11) is 0. The Morgan fingerprint density at radius 3 is 2.44 bits per heavy atom. The van der Waals surface area contributed by atoms with Gasteiger partial charge in [0.15, 0.2) is 0 Å². The molecule has 1 heterocycles. The van der Waals surface area contributed by atoms with Crippen LogP contribution < -0.4 is 5.32 Å². The highest BCUT2D eigenvalue weighted by atomic mass is 32.1. The number of hydrogen-bond donors (Lipinski definition) is 2. The summed E-state index contributed by atoms with van der Waals surface area (Å²) in [5.74, 6) is 0. The molecule has 1 aromatic rings. The van der Waals surface area contributed by atoms with E-state index in [1.807, 2.05) is 11.3 Å². The van der Waals surface area contributed by atoms with Crippen LogP contribution in [-0.2, 0) is 0 Å². The van der Waals surface area contributed by atoms with Crippen LogP contribution in [0.2, 0.25) is 0 Å². The average Bonchev–Trinajstić information content (AvgIpc) is 2.57. The standard InChI is InChI=1S/C15H25NOS/c1-11-9-14(12(2)18-11)15(10-17)16-13-7-5-3-4-6-8-13/h9,13,15-17H,3-8,10H2,1-2H3. The predicted octanol–water partition coefficient (Wildman–Crippen LogP) is 3.71. The fraction of sp³-hybridized carbons (Fsp3) is 0.733. The van der Waals surface area contributed by atoms with E-state index < -0.39 is 0 Å². The van der Waals surface area contributed by atoms with Crippen LogP contribution >= 0.6 is 11.3 Å². The zero-order valence-corrected chi connectivity index (χ0v) is 12.4. The molecule has 2 N–H and O–H groups in total. The molecule has 102 valence electrons. The van der Waals surface area contributed by atoms with Crippen LogP contribution in [-0.4, -0.2) is 17.8 Å². The molecule has 1 fully saturated rings. The van der Waals surface area contributed by atoms with Gasteiger partial charge in [-0.05, 0) is 38.3 Å². The van der Waals surface area contributed by atoms with Gasteiger partial charge in [0, 0.05) is 15.8 Å². The third-order valence-electron chi connectivity index (χ3n) is 3.93. The van der Waals surface area contributed by atoms with E-state index in [0.29, 0.717) is 6.04 Å². The molecule has 1 saturated carbocycles. The highest BCUT2D eigenvalue weighted by Gasteiger charge is 2.20. The van der Waals surface area contributed by atoms with E-state index in [9.17, 15) is 5.11 Å². The predicted molar refractivity (Wildman–Crippen MR) is 78.2 cm³/mol. The number of hydrogen-bond acceptors (Lipinski definition) is 3. The largest absolute Gasteiger partial charge is 0.394 e. The second-order valence-electron chi connectivity index (χ2n) is 5.46. The van der Waals surface area contributed by atoms with E-state index in [1.54, 1.807) is 0 Å². The number of nitrogens with one attached hydrogen (secondary N) is 1. The fourth-order valence-electron chi connectivity index (χ4n) is 2.97. The van der Waals surface area contributed by atoms with Crippen molar-refractivity contribution in [3.05, 3.63) is 21.4 Å². The van der Waals surface area contributed by atoms with Crippen LogP contribution in [0.1, 0.15) is 59.9 Å². The second kappa shape index (κ2) is 6.69. The lowest BCUT2D eigenvalue weighted by atomic mass is 10.0. The number of aliphatic hydroxyl groups excluding tert-OH is 1. The Kier molecular flexibility index (Phi) is 5.22. The summed E-state index contributed by atoms with van der Waals surface area (Å²) >= 11 is 1.83. The number of aliphatic hydroxyl groups is 1. The Labute approximate surface area is 114 Å². The Morgan fingerprint density at radius 1 is 1.28 bits per heavy atom. The number of aryl methyl sites for hydroxylation is 2. The Bertz CT molecular complexity index is 367. The molecule has 0 radical (unpaired) electrons. The van der Waals surface area contributed by atoms with E-state index in [-0.39, 0.29) is 12.6 Å². The molecule has 1 aliphatic carbocycles. The van der Waals surface area contributed by atoms with Crippen molar-refractivity contribution in [2.24, 2.45) is 0 Å². The van der Waals surface area contributed by atoms with Gasteiger partial charge in [-0.3, -0.25) is 0 Å². The third-order valence-corrected chi connectivity index (χ3v) is 4.91. The first kappa shape index (κ1) is 14.0. The normalized spacial score (nSPS) is 19.7. The highest BCUT2D eigenvalue weighted by molar-refractivity contribution is 7.12. The van der Waals surface area contributed by atoms with Gasteiger partial charge in [-0.15, -0.1) is 11.3 Å². The molecule has 0 aliphatic heterocycles. The van der Waals surface area contributed by atoms with Crippen LogP contribution in [0.3, 0.4) is 0 Å². The van der Waals surface area contributed by atoms with Crippen molar-refractivity contribution in [1.29, 1.82) is 0 Å². The summed E-state index contributed by atoms with van der Waals surface area (Å²) < 4.78 is 0. The van der Waals surface area contributed by atoms with Crippen molar-refractivity contribution in [3.8, 4) is 0 Å². The minimum Gasteiger partial charge on any atom is -0.394 e. The molecule has 1 aromatic heterocycles. The van der Waals surface area contributed by atoms with E-state index in [4.69, 9.17) is 0 Å². The first-order chi connectivity index (χ1) is 8.70. The SMILES string of the molecule is Cc1cc(C(CO)NC2CCCCCC2)c(C)s1. The summed E-state index contributed by atoms with van der Waals surface area (Å²) in [6.07, 6.45) is 7.93. The molecule has 1 atom stereocenters. The van der Waals surface area contributed by atoms with Gasteiger partial charge in [-0.2, -0.15) is 0 Å². The molecule has 0 bridgehead atoms. The number of thiophene rings is 1. The van der Waals surface area contributed by atoms with Gasteiger partial charge in [0.1, 0.15) is 0 Å². The van der Waals surface area contributed by atoms with E-state index >= 15 is 0 Å². The van der Waals surface area contributed by atoms with E-state index in [1.165, 1.54) is 53.8 Å². The molecule has 0 amide bonds. The third kappa shape index (κ3) is 3.56. The van der Waals surface area contributed by atoms with Gasteiger partial charge in [0.2, 0.25) is 0 Å². The topological polar surface area (TPSA) is 32.3 Å². The Morgan fingerprint density at radius 2 is 1.94 bits per heavy atom. The van der Waals surface area contributed by atoms with Gasteiger partial charge in [0.25, 0.3) is 0 Å². The van der Waals surface area contributed by atoms with E-state index in [0.717, 1.165) is 0 Å². The molecule has 0 spiro atoms. The molecular formula is C15H25NOS. The second-order valence-corrected chi connectivity index (χ2v) is 6.92. The van der Waals surface area contributed by atoms with Crippen molar-refractivity contribution in [2.75, 3.05) is 6.61 Å². The molecular weight excluding hydrogens is 242 g/mol. The van der Waals surface area contributed by atoms with Gasteiger partial charge >= 0.3 is 0 Å². The maximum absolute atomic E-state index is 9.66. The van der Waals surface area contributed by atoms with Gasteiger partial charge in [-0.1, -0.05) is 25.7 Å². The maximum Gasteiger partial charge on any atom is 0.0627 e. The summed E-state index contributed by atoms with van der Waals surface area (Å²) in [5.41, 5.74) is 1.30. The first-order valence-corrected chi connectivity index (χ1v) is 7.96. The van der Waals surface area contributed by atoms with Gasteiger partial charge in [-0.25, -0.2) is 0 Å². The van der Waals surface area contributed by atoms with Crippen molar-refractivity contribution < 1.29 is 5.11 Å². The summed E-state index contributed by atoms with van der Waals surface area (Å²) in [6, 6.07) is 2.94. The zero-order valence-electron chi connectivity index (χ0n) is 11.5. The summed E-state index contributed by atoms with van der Waals surface area (Å²) in [5, 5.41) is 13.3. The van der Waals surface area contributed by atoms with Crippen LogP contribution in [0.15, 0.2) is 6.07 Å². The molecule has 0 saturated heterocycles. The lowest BCUT2D eigenvalue weighted by molar-refractivity contribution is 0.228. The minimum absolute atomic E-state index is 0.123. The summed E-state index contributed by atoms with van der Waals surface area (Å²) in [6.45, 7) is 4.50. The Balaban J connectivity index is 2.02. The first-order valence-electron chi connectivity index (χ1n) is 7.14. The van der Waals surface area contributed by atoms with Gasteiger partial charge < -0.3 is 10.4 Å². The smallest absolute Gasteiger partial charge is 0.0627 e. The molecule has 0 aromatic carbocycles. The summed E-state index contributed by atoms with van der Waals surface area (Å²) in [4.78, 5) is 2.68. The average molecular weight is 267 g/mol. The molecule has 2 nitrogen and oxygen atoms in total. The Hall–Kier alpha value is -0.380. The maximum atomic E-state index is 9.66. The molecule has 18 heavy (non-hydrogen) atoms. The zero-order chi connectivity index (χ0) is 13.0. The van der Waals surface area contributed by atoms with Crippen molar-refractivity contribution in [2.45, 2.75) is 64.5 Å². The molecule has 3 heteroatoms. The molecule has 2 rings (SSSR count). The highest BCUT2D eigenvalue weighted by Crippen LogP contribution is 2.28. The van der Waals surface area contributed by atoms with Crippen LogP contribution in [0.5, 0.6) is 0 Å². The van der Waals surface area contributed by atoms with Crippen LogP contribution in [0, 0.1) is 13.8 Å². The van der Waals surface area contributed by atoms with Crippen LogP contribution in [0.25, 0.3) is 0 Å². The lowest BCUT2D eigenvalue weighted by Crippen LogP contribution is -2.34. The van der Waals surface area contributed by atoms with Gasteiger partial charge in [0.05, 0.1) is 12.6 Å². The van der Waals surface area contributed by atoms with E-state index in [2.05, 4.69) is 25.2 Å². The number of rotatable bonds is 4. The monoisotopic (exact) mass is 267 g/mol. The fourth-order valence-corrected chi connectivity index (χ4v) is 3.96. The van der Waals surface area contributed by atoms with Crippen molar-refractivity contribution >= 4 is 11.3 Å². The minimum atomic E-state index is 0.123. The molecule has 1 aliphatic rings. The quantitative estimate of drug-likeness (QED) is 0.815. The lowest BCUT2D eigenvalue weighted by Gasteiger charge is -2.23.